The molecule has 0 aliphatic rings. The molecule has 7 nitrogen and oxygen atoms in total. The molecule has 0 rings (SSSR count). The molecule has 0 aromatic heterocycles. The first-order valence-electron chi connectivity index (χ1n) is 1.50. The number of nitrogens with two attached hydrogens (primary N) is 3. The number of carboxylic acid groups (broad SMARTS) is 1. The van der Waals surface area contributed by atoms with Crippen molar-refractivity contribution >= 4 is 12.1 Å². The van der Waals surface area contributed by atoms with Gasteiger partial charge in [-0.2, -0.15) is 0 Å². The molecule has 0 heterocycles. The van der Waals surface area contributed by atoms with Gasteiger partial charge in [-0.25, -0.2) is 9.59 Å². The summed E-state index contributed by atoms with van der Waals surface area (Å²) < 4.78 is 0. The molecule has 0 aliphatic carbocycles. The molecule has 0 saturated heterocycles. The molecule has 8 heteroatoms. The Labute approximate surface area is 99.7 Å². The zero-order valence-corrected chi connectivity index (χ0v) is 8.57. The molecule has 0 fully saturated rings. The molecule has 10 heavy (non-hydrogen) atoms. The fourth-order valence-corrected chi connectivity index (χ4v) is 0. The Kier molecular flexibility index (Phi) is 36.1. The third-order valence-corrected chi connectivity index (χ3v) is 0. The molecule has 0 aliphatic heterocycles. The van der Waals surface area contributed by atoms with E-state index in [1.165, 1.54) is 0 Å². The van der Waals surface area contributed by atoms with Crippen LogP contribution in [-0.2, 0) is 0 Å². The number of primary amides is 3. The van der Waals surface area contributed by atoms with E-state index < -0.39 is 12.1 Å². The summed E-state index contributed by atoms with van der Waals surface area (Å²) in [5.74, 6) is 0. The van der Waals surface area contributed by atoms with Crippen molar-refractivity contribution in [3.63, 3.8) is 0 Å². The van der Waals surface area contributed by atoms with E-state index in [0.29, 0.717) is 0 Å². The molecule has 8 N–H and O–H groups in total. The topological polar surface area (TPSA) is 162 Å². The van der Waals surface area contributed by atoms with Crippen molar-refractivity contribution < 1.29 is 71.6 Å². The smallest absolute Gasteiger partial charge is 0.870 e. The van der Waals surface area contributed by atoms with Gasteiger partial charge in [-0.15, -0.1) is 0 Å². The van der Waals surface area contributed by atoms with E-state index in [1.54, 1.807) is 0 Å². The van der Waals surface area contributed by atoms with Gasteiger partial charge < -0.3 is 27.8 Å². The van der Waals surface area contributed by atoms with Gasteiger partial charge in [0.25, 0.3) is 0 Å². The number of carbonyl (C=O) groups excluding carboxylic acids is 1. The minimum atomic E-state index is -1.33. The van der Waals surface area contributed by atoms with Crippen LogP contribution in [0.3, 0.4) is 0 Å². The fourth-order valence-electron chi connectivity index (χ4n) is 0. The van der Waals surface area contributed by atoms with Crippen LogP contribution in [0.4, 0.5) is 9.59 Å². The molecular weight excluding hydrogens is 169 g/mol. The fraction of sp³-hybridized carbons (Fsp3) is 0. The van der Waals surface area contributed by atoms with Crippen LogP contribution in [0, 0.1) is 0 Å². The monoisotopic (exact) mass is 177 g/mol. The van der Waals surface area contributed by atoms with Crippen molar-refractivity contribution in [2.75, 3.05) is 0 Å². The van der Waals surface area contributed by atoms with Crippen molar-refractivity contribution in [1.29, 1.82) is 0 Å². The van der Waals surface area contributed by atoms with Gasteiger partial charge >= 0.3 is 63.5 Å². The molecule has 0 aromatic carbocycles. The normalized spacial score (nSPS) is 4.80. The second-order valence-electron chi connectivity index (χ2n) is 0.741. The summed E-state index contributed by atoms with van der Waals surface area (Å²) in [6.45, 7) is 0. The van der Waals surface area contributed by atoms with E-state index in [2.05, 4.69) is 17.2 Å². The maximum Gasteiger partial charge on any atom is 1.00 e. The van der Waals surface area contributed by atoms with Gasteiger partial charge in [-0.3, -0.25) is 0 Å². The molecule has 0 saturated carbocycles. The van der Waals surface area contributed by atoms with E-state index in [4.69, 9.17) is 14.7 Å². The first-order valence-corrected chi connectivity index (χ1v) is 1.50. The first kappa shape index (κ1) is 22.5. The summed E-state index contributed by atoms with van der Waals surface area (Å²) in [4.78, 5) is 17.8. The zero-order valence-electron chi connectivity index (χ0n) is 5.44. The van der Waals surface area contributed by atoms with Gasteiger partial charge in [-0.05, 0) is 0 Å². The van der Waals surface area contributed by atoms with Crippen molar-refractivity contribution in [3.8, 4) is 0 Å². The quantitative estimate of drug-likeness (QED) is 0.274. The average Bonchev–Trinajstić information content (AvgIpc) is 1.25. The van der Waals surface area contributed by atoms with Crippen LogP contribution in [0.2, 0.25) is 0 Å². The van der Waals surface area contributed by atoms with E-state index in [0.717, 1.165) is 0 Å². The van der Waals surface area contributed by atoms with Crippen LogP contribution in [0.25, 0.3) is 0 Å². The number of urea groups is 1. The number of hydrogen-bond donors (Lipinski definition) is 4. The summed E-state index contributed by atoms with van der Waals surface area (Å²) in [6, 6.07) is -0.833. The van der Waals surface area contributed by atoms with Crippen LogP contribution < -0.4 is 68.6 Å². The van der Waals surface area contributed by atoms with Gasteiger partial charge in [0.15, 0.2) is 0 Å². The maximum absolute atomic E-state index is 9.00. The minimum Gasteiger partial charge on any atom is -0.870 e. The van der Waals surface area contributed by atoms with E-state index in [9.17, 15) is 0 Å². The molecule has 0 aromatic rings. The maximum atomic E-state index is 9.00. The Morgan fingerprint density at radius 3 is 1.10 bits per heavy atom. The third-order valence-electron chi connectivity index (χ3n) is 0. The van der Waals surface area contributed by atoms with Crippen molar-refractivity contribution in [3.05, 3.63) is 0 Å². The number of carbonyl (C=O) groups is 2. The van der Waals surface area contributed by atoms with E-state index >= 15 is 0 Å². The molecule has 3 amide bonds. The summed E-state index contributed by atoms with van der Waals surface area (Å²) in [7, 11) is 0. The number of amides is 3. The molecule has 0 atom stereocenters. The Morgan fingerprint density at radius 2 is 1.10 bits per heavy atom. The molecule has 0 bridgehead atoms. The Morgan fingerprint density at radius 1 is 1.10 bits per heavy atom. The second-order valence-corrected chi connectivity index (χ2v) is 0.741. The van der Waals surface area contributed by atoms with Crippen molar-refractivity contribution in [1.82, 2.24) is 0 Å². The molecule has 0 radical (unpaired) electrons. The molecular formula is C2H8KN3O4. The third kappa shape index (κ3) is 22300. The zero-order chi connectivity index (χ0) is 7.15. The van der Waals surface area contributed by atoms with Crippen LogP contribution in [-0.4, -0.2) is 22.7 Å². The molecule has 0 unspecified atom stereocenters. The van der Waals surface area contributed by atoms with Crippen LogP contribution >= 0.6 is 0 Å². The first-order chi connectivity index (χ1) is 3.46. The van der Waals surface area contributed by atoms with Crippen LogP contribution in [0.1, 0.15) is 0 Å². The van der Waals surface area contributed by atoms with Crippen LogP contribution in [0.15, 0.2) is 0 Å². The largest absolute Gasteiger partial charge is 1.00 e. The Balaban J connectivity index is -0.0000000300. The number of hydrogen-bond acceptors (Lipinski definition) is 3. The van der Waals surface area contributed by atoms with Gasteiger partial charge in [0.05, 0.1) is 0 Å². The Hall–Kier alpha value is 0.136. The summed E-state index contributed by atoms with van der Waals surface area (Å²) >= 11 is 0. The molecule has 56 valence electrons. The second kappa shape index (κ2) is 16.1. The standard InChI is InChI=1S/CH4N2O.CH3NO2.K.H2O/c2*2-1(3)4;;/h(H4,2,3,4);2H2,(H,3,4);;1H2/q;;+1;/p-1. The van der Waals surface area contributed by atoms with Crippen molar-refractivity contribution in [2.45, 2.75) is 0 Å². The summed E-state index contributed by atoms with van der Waals surface area (Å²) in [5, 5.41) is 7.19. The minimum absolute atomic E-state index is 0. The Bertz CT molecular complexity index is 76.5. The summed E-state index contributed by atoms with van der Waals surface area (Å²) in [6.07, 6.45) is -1.33. The summed E-state index contributed by atoms with van der Waals surface area (Å²) in [5.41, 5.74) is 12.5. The van der Waals surface area contributed by atoms with Crippen molar-refractivity contribution in [2.24, 2.45) is 17.2 Å². The number of rotatable bonds is 0. The average molecular weight is 177 g/mol. The van der Waals surface area contributed by atoms with Gasteiger partial charge in [0.2, 0.25) is 0 Å². The predicted octanol–water partition coefficient (Wildman–Crippen LogP) is -4.53. The predicted molar refractivity (Wildman–Crippen MR) is 27.9 cm³/mol. The van der Waals surface area contributed by atoms with Gasteiger partial charge in [-0.1, -0.05) is 0 Å². The van der Waals surface area contributed by atoms with Crippen LogP contribution in [0.5, 0.6) is 0 Å². The van der Waals surface area contributed by atoms with Gasteiger partial charge in [0.1, 0.15) is 0 Å². The van der Waals surface area contributed by atoms with E-state index in [-0.39, 0.29) is 56.9 Å². The SMILES string of the molecule is NC(=O)O.NC(N)=O.[K+].[OH-]. The van der Waals surface area contributed by atoms with E-state index in [1.807, 2.05) is 0 Å². The van der Waals surface area contributed by atoms with Gasteiger partial charge in [0, 0.05) is 0 Å². The molecule has 0 spiro atoms.